The molecule has 4 saturated carbocycles. The van der Waals surface area contributed by atoms with Crippen molar-refractivity contribution in [1.29, 1.82) is 0 Å². The van der Waals surface area contributed by atoms with E-state index in [1.165, 1.54) is 51.4 Å². The Balaban J connectivity index is 0.000000141. The highest BCUT2D eigenvalue weighted by atomic mass is 28.4. The van der Waals surface area contributed by atoms with Gasteiger partial charge in [-0.1, -0.05) is 6.42 Å². The fourth-order valence-corrected chi connectivity index (χ4v) is 8.04. The fraction of sp³-hybridized carbons (Fsp3) is 0.962. The van der Waals surface area contributed by atoms with Crippen LogP contribution in [-0.2, 0) is 23.4 Å². The Morgan fingerprint density at radius 1 is 0.879 bits per heavy atom. The van der Waals surface area contributed by atoms with Crippen LogP contribution in [0.4, 0.5) is 0 Å². The van der Waals surface area contributed by atoms with E-state index >= 15 is 0 Å². The van der Waals surface area contributed by atoms with Crippen molar-refractivity contribution in [3.05, 3.63) is 0 Å². The van der Waals surface area contributed by atoms with Crippen LogP contribution in [0.5, 0.6) is 0 Å². The summed E-state index contributed by atoms with van der Waals surface area (Å²) in [4.78, 5) is 12.0. The second-order valence-electron chi connectivity index (χ2n) is 12.0. The summed E-state index contributed by atoms with van der Waals surface area (Å²) in [5.41, 5.74) is 0. The van der Waals surface area contributed by atoms with Crippen molar-refractivity contribution in [3.8, 4) is 0 Å². The van der Waals surface area contributed by atoms with E-state index in [0.29, 0.717) is 36.9 Å². The molecule has 33 heavy (non-hydrogen) atoms. The molecule has 7 heteroatoms. The van der Waals surface area contributed by atoms with Crippen molar-refractivity contribution in [2.45, 2.75) is 108 Å². The van der Waals surface area contributed by atoms with Crippen molar-refractivity contribution < 1.29 is 28.5 Å². The number of rotatable bonds is 8. The minimum Gasteiger partial charge on any atom is -0.465 e. The van der Waals surface area contributed by atoms with Gasteiger partial charge in [0.2, 0.25) is 8.32 Å². The smallest absolute Gasteiger partial charge is 0.308 e. The average molecular weight is 481 g/mol. The maximum Gasteiger partial charge on any atom is 0.308 e. The van der Waals surface area contributed by atoms with Crippen molar-refractivity contribution in [3.63, 3.8) is 0 Å². The third-order valence-corrected chi connectivity index (χ3v) is 12.5. The van der Waals surface area contributed by atoms with Crippen LogP contribution >= 0.6 is 0 Å². The van der Waals surface area contributed by atoms with Gasteiger partial charge < -0.3 is 23.7 Å². The molecule has 0 spiro atoms. The normalized spacial score (nSPS) is 44.0. The first-order chi connectivity index (χ1) is 16.0. The number of carbonyl (C=O) groups is 1. The molecule has 6 fully saturated rings. The van der Waals surface area contributed by atoms with Crippen LogP contribution in [0.15, 0.2) is 0 Å². The van der Waals surface area contributed by atoms with Crippen LogP contribution in [0.25, 0.3) is 0 Å². The summed E-state index contributed by atoms with van der Waals surface area (Å²) in [5.74, 6) is 3.46. The van der Waals surface area contributed by atoms with Crippen LogP contribution in [0.2, 0.25) is 12.6 Å². The second-order valence-corrected chi connectivity index (χ2v) is 16.2. The van der Waals surface area contributed by atoms with Gasteiger partial charge in [0.15, 0.2) is 0 Å². The molecule has 0 bridgehead atoms. The number of esters is 1. The van der Waals surface area contributed by atoms with E-state index in [0.717, 1.165) is 43.1 Å². The summed E-state index contributed by atoms with van der Waals surface area (Å²) < 4.78 is 22.1. The van der Waals surface area contributed by atoms with E-state index in [2.05, 4.69) is 6.55 Å². The first kappa shape index (κ1) is 24.2. The third kappa shape index (κ3) is 6.40. The Morgan fingerprint density at radius 2 is 1.58 bits per heavy atom. The highest BCUT2D eigenvalue weighted by molar-refractivity contribution is 6.72. The molecule has 6 nitrogen and oxygen atoms in total. The molecule has 10 unspecified atom stereocenters. The molecule has 0 aromatic carbocycles. The minimum absolute atomic E-state index is 0.0826. The van der Waals surface area contributed by atoms with Crippen molar-refractivity contribution in [2.24, 2.45) is 29.6 Å². The van der Waals surface area contributed by atoms with E-state index < -0.39 is 8.32 Å². The standard InChI is InChI=1S/C15H22O3.C11H22O3Si/c16-15(11-3-2-10-6-12(10)7-11)17-8-9-1-4-13-14(5-9)18-13;1-13-15(2,8-12)6-5-9-3-4-10-11(7-9)14-10/h9-14H,1-8H2;9-12H,3-8H2,1-2H3. The number of epoxide rings is 2. The molecule has 0 amide bonds. The van der Waals surface area contributed by atoms with Gasteiger partial charge >= 0.3 is 5.97 Å². The van der Waals surface area contributed by atoms with Gasteiger partial charge in [-0.05, 0) is 100 Å². The molecule has 6 rings (SSSR count). The SMILES string of the molecule is CO[Si](C)(CO)CCC1CCC2OC2C1.O=C(OCC1CCC2OC2C1)C1CCC2CC2C1. The monoisotopic (exact) mass is 480 g/mol. The highest BCUT2D eigenvalue weighted by Gasteiger charge is 2.46. The van der Waals surface area contributed by atoms with Gasteiger partial charge in [-0.3, -0.25) is 4.79 Å². The van der Waals surface area contributed by atoms with E-state index in [9.17, 15) is 9.90 Å². The van der Waals surface area contributed by atoms with Crippen molar-refractivity contribution in [2.75, 3.05) is 19.9 Å². The van der Waals surface area contributed by atoms with Crippen molar-refractivity contribution in [1.82, 2.24) is 0 Å². The molecule has 2 aliphatic heterocycles. The molecular weight excluding hydrogens is 436 g/mol. The zero-order chi connectivity index (χ0) is 23.0. The molecule has 2 heterocycles. The van der Waals surface area contributed by atoms with Crippen LogP contribution in [-0.4, -0.2) is 63.8 Å². The Hall–Kier alpha value is -0.473. The number of aliphatic hydroxyl groups excluding tert-OH is 1. The summed E-state index contributed by atoms with van der Waals surface area (Å²) in [6.07, 6.45) is 15.7. The molecule has 10 atom stereocenters. The Labute approximate surface area is 200 Å². The van der Waals surface area contributed by atoms with Gasteiger partial charge in [0.05, 0.1) is 43.2 Å². The number of ether oxygens (including phenoxy) is 3. The van der Waals surface area contributed by atoms with Crippen molar-refractivity contribution >= 4 is 14.3 Å². The number of fused-ring (bicyclic) bond motifs is 3. The molecule has 0 radical (unpaired) electrons. The zero-order valence-electron chi connectivity index (χ0n) is 20.6. The highest BCUT2D eigenvalue weighted by Crippen LogP contribution is 2.51. The Morgan fingerprint density at radius 3 is 2.21 bits per heavy atom. The predicted octanol–water partition coefficient (Wildman–Crippen LogP) is 4.23. The molecule has 1 N–H and O–H groups in total. The summed E-state index contributed by atoms with van der Waals surface area (Å²) in [6.45, 7) is 2.75. The third-order valence-electron chi connectivity index (χ3n) is 9.47. The molecule has 188 valence electrons. The molecule has 2 saturated heterocycles. The maximum absolute atomic E-state index is 12.0. The number of carbonyl (C=O) groups excluding carboxylic acids is 1. The Kier molecular flexibility index (Phi) is 7.53. The average Bonchev–Trinajstić information content (AvgIpc) is 3.73. The molecule has 0 aromatic heterocycles. The van der Waals surface area contributed by atoms with Gasteiger partial charge in [-0.25, -0.2) is 0 Å². The van der Waals surface area contributed by atoms with Gasteiger partial charge in [0, 0.05) is 7.11 Å². The summed E-state index contributed by atoms with van der Waals surface area (Å²) in [7, 11) is -0.0355. The molecule has 4 aliphatic carbocycles. The largest absolute Gasteiger partial charge is 0.465 e. The van der Waals surface area contributed by atoms with E-state index in [4.69, 9.17) is 18.6 Å². The molecular formula is C26H44O6Si. The molecule has 0 aromatic rings. The lowest BCUT2D eigenvalue weighted by atomic mass is 9.88. The number of aliphatic hydroxyl groups is 1. The van der Waals surface area contributed by atoms with E-state index in [-0.39, 0.29) is 18.1 Å². The van der Waals surface area contributed by atoms with Crippen LogP contribution in [0, 0.1) is 29.6 Å². The van der Waals surface area contributed by atoms with Gasteiger partial charge in [-0.2, -0.15) is 0 Å². The first-order valence-electron chi connectivity index (χ1n) is 13.6. The van der Waals surface area contributed by atoms with Crippen LogP contribution < -0.4 is 0 Å². The molecule has 6 aliphatic rings. The Bertz CT molecular complexity index is 684. The summed E-state index contributed by atoms with van der Waals surface area (Å²) >= 11 is 0. The number of hydrogen-bond acceptors (Lipinski definition) is 6. The minimum atomic E-state index is -1.77. The quantitative estimate of drug-likeness (QED) is 0.318. The first-order valence-corrected chi connectivity index (χ1v) is 16.4. The van der Waals surface area contributed by atoms with Crippen LogP contribution in [0.1, 0.15) is 70.6 Å². The van der Waals surface area contributed by atoms with E-state index in [1.54, 1.807) is 7.11 Å². The second kappa shape index (κ2) is 10.3. The fourth-order valence-electron chi connectivity index (χ4n) is 6.53. The summed E-state index contributed by atoms with van der Waals surface area (Å²) in [6, 6.07) is 1.09. The van der Waals surface area contributed by atoms with Gasteiger partial charge in [0.25, 0.3) is 0 Å². The van der Waals surface area contributed by atoms with E-state index in [1.807, 2.05) is 0 Å². The number of hydrogen-bond donors (Lipinski definition) is 1. The zero-order valence-corrected chi connectivity index (χ0v) is 21.6. The predicted molar refractivity (Wildman–Crippen MR) is 127 cm³/mol. The summed E-state index contributed by atoms with van der Waals surface area (Å²) in [5, 5.41) is 9.29. The van der Waals surface area contributed by atoms with Gasteiger partial charge in [0.1, 0.15) is 0 Å². The topological polar surface area (TPSA) is 80.8 Å². The lowest BCUT2D eigenvalue weighted by Crippen LogP contribution is -2.38. The lowest BCUT2D eigenvalue weighted by molar-refractivity contribution is -0.151. The lowest BCUT2D eigenvalue weighted by Gasteiger charge is -2.26. The van der Waals surface area contributed by atoms with Gasteiger partial charge in [-0.15, -0.1) is 0 Å². The maximum atomic E-state index is 12.0. The van der Waals surface area contributed by atoms with Crippen LogP contribution in [0.3, 0.4) is 0 Å².